The molecule has 0 fully saturated rings. The number of carbonyl (C=O) groups excluding carboxylic acids is 1. The highest BCUT2D eigenvalue weighted by Gasteiger charge is 2.20. The number of carbonyl (C=O) groups is 1. The van der Waals surface area contributed by atoms with Crippen LogP contribution in [0, 0.1) is 0 Å². The Balaban J connectivity index is 2.19. The number of hydrogen-bond donors (Lipinski definition) is 0. The summed E-state index contributed by atoms with van der Waals surface area (Å²) in [5.41, 5.74) is -0.0110. The quantitative estimate of drug-likeness (QED) is 0.781. The van der Waals surface area contributed by atoms with Crippen molar-refractivity contribution in [2.75, 3.05) is 0 Å². The standard InChI is InChI=1S/C8H3Cl2NO3S/c9-5-6(11-15-7(5)10)8(12)14-4-2-1-3-13-4/h1-3H. The predicted molar refractivity (Wildman–Crippen MR) is 55.8 cm³/mol. The summed E-state index contributed by atoms with van der Waals surface area (Å²) in [6.45, 7) is 0. The third kappa shape index (κ3) is 2.14. The number of hydrogen-bond acceptors (Lipinski definition) is 5. The maximum Gasteiger partial charge on any atom is 0.367 e. The van der Waals surface area contributed by atoms with E-state index >= 15 is 0 Å². The van der Waals surface area contributed by atoms with Gasteiger partial charge < -0.3 is 9.15 Å². The fraction of sp³-hybridized carbons (Fsp3) is 0. The molecule has 7 heteroatoms. The number of halogens is 2. The molecule has 0 unspecified atom stereocenters. The molecule has 2 rings (SSSR count). The molecule has 2 aromatic rings. The number of rotatable bonds is 2. The van der Waals surface area contributed by atoms with Crippen LogP contribution in [0.5, 0.6) is 5.95 Å². The minimum Gasteiger partial charge on any atom is -0.434 e. The molecule has 4 nitrogen and oxygen atoms in total. The lowest BCUT2D eigenvalue weighted by atomic mass is 10.4. The van der Waals surface area contributed by atoms with Crippen molar-refractivity contribution < 1.29 is 13.9 Å². The minimum absolute atomic E-state index is 0.0110. The van der Waals surface area contributed by atoms with Crippen molar-refractivity contribution in [2.24, 2.45) is 0 Å². The van der Waals surface area contributed by atoms with Crippen LogP contribution in [0.25, 0.3) is 0 Å². The van der Waals surface area contributed by atoms with Gasteiger partial charge in [0, 0.05) is 6.07 Å². The van der Waals surface area contributed by atoms with Crippen molar-refractivity contribution in [1.82, 2.24) is 4.37 Å². The maximum atomic E-state index is 11.5. The molecular weight excluding hydrogens is 261 g/mol. The van der Waals surface area contributed by atoms with Gasteiger partial charge in [0.25, 0.3) is 5.95 Å². The fourth-order valence-corrected chi connectivity index (χ4v) is 1.83. The van der Waals surface area contributed by atoms with Crippen LogP contribution in [0.2, 0.25) is 9.36 Å². The number of esters is 1. The van der Waals surface area contributed by atoms with Gasteiger partial charge in [-0.1, -0.05) is 23.2 Å². The Bertz CT molecular complexity index is 480. The second-order valence-electron chi connectivity index (χ2n) is 2.44. The van der Waals surface area contributed by atoms with E-state index in [1.165, 1.54) is 12.3 Å². The molecule has 0 saturated heterocycles. The fourth-order valence-electron chi connectivity index (χ4n) is 0.847. The third-order valence-electron chi connectivity index (χ3n) is 1.48. The average Bonchev–Trinajstić information content (AvgIpc) is 2.79. The van der Waals surface area contributed by atoms with Gasteiger partial charge in [0.15, 0.2) is 5.69 Å². The van der Waals surface area contributed by atoms with Gasteiger partial charge in [-0.2, -0.15) is 4.37 Å². The highest BCUT2D eigenvalue weighted by atomic mass is 35.5. The van der Waals surface area contributed by atoms with Crippen molar-refractivity contribution in [3.8, 4) is 5.95 Å². The highest BCUT2D eigenvalue weighted by molar-refractivity contribution is 7.11. The summed E-state index contributed by atoms with van der Waals surface area (Å²) in [5.74, 6) is -0.613. The minimum atomic E-state index is -0.696. The van der Waals surface area contributed by atoms with E-state index in [2.05, 4.69) is 4.37 Å². The number of furan rings is 1. The van der Waals surface area contributed by atoms with Crippen LogP contribution in [0.3, 0.4) is 0 Å². The molecular formula is C8H3Cl2NO3S. The van der Waals surface area contributed by atoms with E-state index in [9.17, 15) is 4.79 Å². The van der Waals surface area contributed by atoms with E-state index < -0.39 is 5.97 Å². The average molecular weight is 264 g/mol. The maximum absolute atomic E-state index is 11.5. The molecule has 15 heavy (non-hydrogen) atoms. The summed E-state index contributed by atoms with van der Waals surface area (Å²) in [6.07, 6.45) is 1.39. The first-order chi connectivity index (χ1) is 7.18. The van der Waals surface area contributed by atoms with Crippen LogP contribution in [0.4, 0.5) is 0 Å². The van der Waals surface area contributed by atoms with Crippen LogP contribution in [-0.2, 0) is 0 Å². The van der Waals surface area contributed by atoms with Crippen LogP contribution in [-0.4, -0.2) is 10.3 Å². The lowest BCUT2D eigenvalue weighted by Gasteiger charge is -1.96. The molecule has 0 atom stereocenters. The van der Waals surface area contributed by atoms with Gasteiger partial charge in [-0.05, 0) is 17.6 Å². The Morgan fingerprint density at radius 3 is 2.87 bits per heavy atom. The van der Waals surface area contributed by atoms with Gasteiger partial charge in [0.05, 0.1) is 6.26 Å². The summed E-state index contributed by atoms with van der Waals surface area (Å²) in [6, 6.07) is 3.10. The van der Waals surface area contributed by atoms with Crippen molar-refractivity contribution in [2.45, 2.75) is 0 Å². The summed E-state index contributed by atoms with van der Waals surface area (Å²) in [4.78, 5) is 11.5. The number of nitrogens with zero attached hydrogens (tertiary/aromatic N) is 1. The van der Waals surface area contributed by atoms with E-state index in [4.69, 9.17) is 32.4 Å². The second-order valence-corrected chi connectivity index (χ2v) is 4.19. The lowest BCUT2D eigenvalue weighted by molar-refractivity contribution is 0.0689. The van der Waals surface area contributed by atoms with Gasteiger partial charge in [-0.25, -0.2) is 4.79 Å². The largest absolute Gasteiger partial charge is 0.434 e. The molecule has 0 aromatic carbocycles. The molecule has 0 amide bonds. The van der Waals surface area contributed by atoms with E-state index in [-0.39, 0.29) is 21.0 Å². The van der Waals surface area contributed by atoms with Crippen molar-refractivity contribution in [3.63, 3.8) is 0 Å². The van der Waals surface area contributed by atoms with Crippen molar-refractivity contribution in [3.05, 3.63) is 33.4 Å². The van der Waals surface area contributed by atoms with E-state index in [1.807, 2.05) is 0 Å². The molecule has 0 aliphatic carbocycles. The Kier molecular flexibility index (Phi) is 2.95. The molecule has 0 aliphatic rings. The normalized spacial score (nSPS) is 10.3. The molecule has 2 heterocycles. The monoisotopic (exact) mass is 263 g/mol. The molecule has 0 bridgehead atoms. The Labute approximate surface area is 98.5 Å². The number of aromatic nitrogens is 1. The van der Waals surface area contributed by atoms with Crippen LogP contribution in [0.1, 0.15) is 10.5 Å². The van der Waals surface area contributed by atoms with Crippen LogP contribution < -0.4 is 4.74 Å². The zero-order valence-corrected chi connectivity index (χ0v) is 9.40. The zero-order valence-electron chi connectivity index (χ0n) is 7.07. The van der Waals surface area contributed by atoms with E-state index in [0.29, 0.717) is 0 Å². The molecule has 0 radical (unpaired) electrons. The summed E-state index contributed by atoms with van der Waals surface area (Å²) < 4.78 is 13.7. The molecule has 78 valence electrons. The highest BCUT2D eigenvalue weighted by Crippen LogP contribution is 2.30. The first-order valence-corrected chi connectivity index (χ1v) is 5.28. The van der Waals surface area contributed by atoms with Gasteiger partial charge in [-0.15, -0.1) is 0 Å². The van der Waals surface area contributed by atoms with Gasteiger partial charge in [-0.3, -0.25) is 0 Å². The smallest absolute Gasteiger partial charge is 0.367 e. The zero-order chi connectivity index (χ0) is 10.8. The van der Waals surface area contributed by atoms with Gasteiger partial charge in [0.1, 0.15) is 9.36 Å². The van der Waals surface area contributed by atoms with E-state index in [1.54, 1.807) is 6.07 Å². The lowest BCUT2D eigenvalue weighted by Crippen LogP contribution is -2.08. The molecule has 0 N–H and O–H groups in total. The Morgan fingerprint density at radius 1 is 1.53 bits per heavy atom. The molecule has 0 saturated carbocycles. The van der Waals surface area contributed by atoms with Gasteiger partial charge >= 0.3 is 5.97 Å². The second kappa shape index (κ2) is 4.22. The summed E-state index contributed by atoms with van der Waals surface area (Å²) in [5, 5.41) is 0.0956. The van der Waals surface area contributed by atoms with Crippen LogP contribution >= 0.6 is 34.7 Å². The summed E-state index contributed by atoms with van der Waals surface area (Å²) >= 11 is 12.3. The summed E-state index contributed by atoms with van der Waals surface area (Å²) in [7, 11) is 0. The topological polar surface area (TPSA) is 52.3 Å². The third-order valence-corrected chi connectivity index (χ3v) is 3.09. The molecule has 2 aromatic heterocycles. The van der Waals surface area contributed by atoms with Crippen molar-refractivity contribution >= 4 is 40.7 Å². The number of ether oxygens (including phenoxy) is 1. The first-order valence-electron chi connectivity index (χ1n) is 3.75. The first kappa shape index (κ1) is 10.5. The molecule has 0 aliphatic heterocycles. The SMILES string of the molecule is O=C(Oc1ccco1)c1nsc(Cl)c1Cl. The predicted octanol–water partition coefficient (Wildman–Crippen LogP) is 3.26. The van der Waals surface area contributed by atoms with E-state index in [0.717, 1.165) is 11.5 Å². The Morgan fingerprint density at radius 2 is 2.33 bits per heavy atom. The molecule has 0 spiro atoms. The van der Waals surface area contributed by atoms with Crippen molar-refractivity contribution in [1.29, 1.82) is 0 Å². The Hall–Kier alpha value is -1.04. The van der Waals surface area contributed by atoms with Crippen LogP contribution in [0.15, 0.2) is 22.8 Å². The van der Waals surface area contributed by atoms with Gasteiger partial charge in [0.2, 0.25) is 0 Å².